The van der Waals surface area contributed by atoms with Crippen molar-refractivity contribution < 1.29 is 14.3 Å². The molecule has 0 bridgehead atoms. The first-order valence-electron chi connectivity index (χ1n) is 6.31. The Morgan fingerprint density at radius 1 is 1.14 bits per heavy atom. The van der Waals surface area contributed by atoms with E-state index in [1.165, 1.54) is 10.6 Å². The number of aromatic nitrogens is 1. The number of amides is 1. The quantitative estimate of drug-likeness (QED) is 0.720. The van der Waals surface area contributed by atoms with Crippen LogP contribution < -0.4 is 11.1 Å². The number of rotatable bonds is 3. The molecule has 3 rings (SSSR count). The predicted octanol–water partition coefficient (Wildman–Crippen LogP) is 1.94. The Bertz CT molecular complexity index is 863. The van der Waals surface area contributed by atoms with Gasteiger partial charge < -0.3 is 14.8 Å². The number of phenolic OH excluding ortho intramolecular Hbond substituents is 1. The lowest BCUT2D eigenvalue weighted by Gasteiger charge is -2.07. The van der Waals surface area contributed by atoms with Crippen LogP contribution in [0.25, 0.3) is 11.1 Å². The molecule has 0 aliphatic rings. The van der Waals surface area contributed by atoms with Crippen LogP contribution in [0.3, 0.4) is 0 Å². The molecule has 6 heteroatoms. The maximum Gasteiger partial charge on any atom is 0.420 e. The summed E-state index contributed by atoms with van der Waals surface area (Å²) in [6.45, 7) is -0.190. The highest BCUT2D eigenvalue weighted by Crippen LogP contribution is 2.21. The molecule has 0 saturated heterocycles. The maximum absolute atomic E-state index is 12.0. The molecule has 0 radical (unpaired) electrons. The fourth-order valence-electron chi connectivity index (χ4n) is 2.08. The van der Waals surface area contributed by atoms with Crippen molar-refractivity contribution in [3.05, 3.63) is 59.1 Å². The number of oxazole rings is 1. The minimum atomic E-state index is -0.594. The maximum atomic E-state index is 12.0. The van der Waals surface area contributed by atoms with Crippen LogP contribution in [0.15, 0.2) is 57.7 Å². The number of carbonyl (C=O) groups is 1. The molecule has 21 heavy (non-hydrogen) atoms. The fourth-order valence-corrected chi connectivity index (χ4v) is 2.08. The smallest absolute Gasteiger partial charge is 0.420 e. The number of fused-ring (bicyclic) bond motifs is 1. The molecule has 2 aromatic carbocycles. The van der Waals surface area contributed by atoms with Crippen LogP contribution in [0.4, 0.5) is 5.69 Å². The Morgan fingerprint density at radius 3 is 2.67 bits per heavy atom. The second-order valence-electron chi connectivity index (χ2n) is 4.49. The average Bonchev–Trinajstić information content (AvgIpc) is 2.78. The van der Waals surface area contributed by atoms with Crippen LogP contribution in [0.2, 0.25) is 0 Å². The second kappa shape index (κ2) is 5.16. The monoisotopic (exact) mass is 284 g/mol. The first kappa shape index (κ1) is 13.0. The highest BCUT2D eigenvalue weighted by atomic mass is 16.4. The van der Waals surface area contributed by atoms with E-state index in [0.717, 1.165) is 0 Å². The van der Waals surface area contributed by atoms with E-state index >= 15 is 0 Å². The molecule has 0 fully saturated rings. The van der Waals surface area contributed by atoms with Gasteiger partial charge in [-0.1, -0.05) is 24.3 Å². The lowest BCUT2D eigenvalue weighted by molar-refractivity contribution is -0.116. The highest BCUT2D eigenvalue weighted by Gasteiger charge is 2.13. The number of para-hydroxylation sites is 4. The van der Waals surface area contributed by atoms with Crippen LogP contribution in [-0.2, 0) is 11.3 Å². The number of phenols is 1. The topological polar surface area (TPSA) is 84.5 Å². The van der Waals surface area contributed by atoms with E-state index in [2.05, 4.69) is 5.32 Å². The van der Waals surface area contributed by atoms with E-state index < -0.39 is 11.7 Å². The van der Waals surface area contributed by atoms with E-state index in [1.54, 1.807) is 42.5 Å². The number of aromatic hydroxyl groups is 1. The largest absolute Gasteiger partial charge is 0.506 e. The summed E-state index contributed by atoms with van der Waals surface area (Å²) in [6.07, 6.45) is 0. The first-order valence-corrected chi connectivity index (χ1v) is 6.31. The zero-order valence-corrected chi connectivity index (χ0v) is 10.9. The first-order chi connectivity index (χ1) is 10.1. The lowest BCUT2D eigenvalue weighted by atomic mass is 10.3. The minimum absolute atomic E-state index is 0.0322. The van der Waals surface area contributed by atoms with Crippen LogP contribution in [0, 0.1) is 0 Å². The molecule has 3 aromatic rings. The van der Waals surface area contributed by atoms with Crippen LogP contribution in [0.5, 0.6) is 5.75 Å². The van der Waals surface area contributed by atoms with E-state index in [-0.39, 0.29) is 12.3 Å². The number of hydrogen-bond acceptors (Lipinski definition) is 4. The number of carbonyl (C=O) groups excluding carboxylic acids is 1. The molecule has 0 unspecified atom stereocenters. The molecule has 0 aliphatic carbocycles. The number of hydrogen-bond donors (Lipinski definition) is 2. The van der Waals surface area contributed by atoms with Gasteiger partial charge in [0.05, 0.1) is 11.2 Å². The molecule has 0 aliphatic heterocycles. The molecule has 6 nitrogen and oxygen atoms in total. The predicted molar refractivity (Wildman–Crippen MR) is 77.2 cm³/mol. The van der Waals surface area contributed by atoms with Gasteiger partial charge in [-0.3, -0.25) is 9.36 Å². The molecule has 1 aromatic heterocycles. The van der Waals surface area contributed by atoms with Gasteiger partial charge in [-0.15, -0.1) is 0 Å². The fraction of sp³-hybridized carbons (Fsp3) is 0.0667. The van der Waals surface area contributed by atoms with Crippen molar-refractivity contribution in [2.24, 2.45) is 0 Å². The van der Waals surface area contributed by atoms with Crippen LogP contribution >= 0.6 is 0 Å². The number of nitrogens with zero attached hydrogens (tertiary/aromatic N) is 1. The van der Waals surface area contributed by atoms with Crippen molar-refractivity contribution in [2.45, 2.75) is 6.54 Å². The number of anilines is 1. The van der Waals surface area contributed by atoms with Gasteiger partial charge in [0.1, 0.15) is 12.3 Å². The molecular weight excluding hydrogens is 272 g/mol. The third-order valence-electron chi connectivity index (χ3n) is 3.05. The summed E-state index contributed by atoms with van der Waals surface area (Å²) in [4.78, 5) is 23.8. The second-order valence-corrected chi connectivity index (χ2v) is 4.49. The molecule has 106 valence electrons. The summed E-state index contributed by atoms with van der Waals surface area (Å²) in [5.74, 6) is -1.05. The zero-order chi connectivity index (χ0) is 14.8. The molecular formula is C15H12N2O4. The van der Waals surface area contributed by atoms with Crippen LogP contribution in [0.1, 0.15) is 0 Å². The van der Waals surface area contributed by atoms with Crippen LogP contribution in [-0.4, -0.2) is 15.6 Å². The van der Waals surface area contributed by atoms with Crippen molar-refractivity contribution in [3.63, 3.8) is 0 Å². The van der Waals surface area contributed by atoms with Crippen molar-refractivity contribution in [3.8, 4) is 5.75 Å². The van der Waals surface area contributed by atoms with Gasteiger partial charge in [-0.25, -0.2) is 4.79 Å². The Hall–Kier alpha value is -3.02. The molecule has 1 amide bonds. The number of benzene rings is 2. The van der Waals surface area contributed by atoms with Crippen molar-refractivity contribution >= 4 is 22.7 Å². The molecule has 0 spiro atoms. The lowest BCUT2D eigenvalue weighted by Crippen LogP contribution is -2.24. The zero-order valence-electron chi connectivity index (χ0n) is 10.9. The Balaban J connectivity index is 1.86. The minimum Gasteiger partial charge on any atom is -0.506 e. The van der Waals surface area contributed by atoms with Crippen molar-refractivity contribution in [1.29, 1.82) is 0 Å². The van der Waals surface area contributed by atoms with Gasteiger partial charge in [0.2, 0.25) is 5.91 Å². The SMILES string of the molecule is O=C(Cn1c(=O)oc2ccccc21)Nc1ccccc1O. The summed E-state index contributed by atoms with van der Waals surface area (Å²) in [6, 6.07) is 13.3. The van der Waals surface area contributed by atoms with Crippen molar-refractivity contribution in [1.82, 2.24) is 4.57 Å². The third kappa shape index (κ3) is 2.51. The Morgan fingerprint density at radius 2 is 1.86 bits per heavy atom. The Kier molecular flexibility index (Phi) is 3.19. The summed E-state index contributed by atoms with van der Waals surface area (Å²) >= 11 is 0. The van der Waals surface area contributed by atoms with Gasteiger partial charge >= 0.3 is 5.76 Å². The van der Waals surface area contributed by atoms with E-state index in [9.17, 15) is 14.7 Å². The molecule has 0 saturated carbocycles. The standard InChI is InChI=1S/C15H12N2O4/c18-12-7-3-1-5-10(12)16-14(19)9-17-11-6-2-4-8-13(11)21-15(17)20/h1-8,18H,9H2,(H,16,19). The normalized spacial score (nSPS) is 10.7. The van der Waals surface area contributed by atoms with Gasteiger partial charge in [0.15, 0.2) is 5.58 Å². The van der Waals surface area contributed by atoms with E-state index in [1.807, 2.05) is 0 Å². The summed E-state index contributed by atoms with van der Waals surface area (Å²) in [5.41, 5.74) is 1.27. The van der Waals surface area contributed by atoms with E-state index in [0.29, 0.717) is 16.8 Å². The molecule has 2 N–H and O–H groups in total. The Labute approximate surface area is 119 Å². The molecule has 1 heterocycles. The van der Waals surface area contributed by atoms with Gasteiger partial charge in [0.25, 0.3) is 0 Å². The van der Waals surface area contributed by atoms with Gasteiger partial charge in [-0.2, -0.15) is 0 Å². The molecule has 0 atom stereocenters. The highest BCUT2D eigenvalue weighted by molar-refractivity contribution is 5.92. The summed E-state index contributed by atoms with van der Waals surface area (Å²) in [5, 5.41) is 12.2. The van der Waals surface area contributed by atoms with Gasteiger partial charge in [-0.05, 0) is 24.3 Å². The average molecular weight is 284 g/mol. The van der Waals surface area contributed by atoms with E-state index in [4.69, 9.17) is 4.42 Å². The number of nitrogens with one attached hydrogen (secondary N) is 1. The third-order valence-corrected chi connectivity index (χ3v) is 3.05. The van der Waals surface area contributed by atoms with Crippen molar-refractivity contribution in [2.75, 3.05) is 5.32 Å². The summed E-state index contributed by atoms with van der Waals surface area (Å²) < 4.78 is 6.29. The summed E-state index contributed by atoms with van der Waals surface area (Å²) in [7, 11) is 0. The van der Waals surface area contributed by atoms with Gasteiger partial charge in [0, 0.05) is 0 Å².